The Morgan fingerprint density at radius 1 is 1.42 bits per heavy atom. The number of benzene rings is 1. The van der Waals surface area contributed by atoms with Gasteiger partial charge in [0, 0.05) is 18.4 Å². The summed E-state index contributed by atoms with van der Waals surface area (Å²) in [6.07, 6.45) is 2.30. The lowest BCUT2D eigenvalue weighted by Crippen LogP contribution is -2.56. The zero-order valence-corrected chi connectivity index (χ0v) is 11.8. The lowest BCUT2D eigenvalue weighted by Gasteiger charge is -2.50. The standard InChI is InChI=1S/C16H20N2O/c1-9-12-8-11-4-5-13-15(18-10(2)19-13)14(11)16(9,3)6-7-17-12/h4-5,9,12,17H,6-8H2,1-3H3/t9?,12-,16-/m1/s1. The summed E-state index contributed by atoms with van der Waals surface area (Å²) in [5.74, 6) is 1.42. The first kappa shape index (κ1) is 11.5. The third-order valence-corrected chi connectivity index (χ3v) is 5.42. The monoisotopic (exact) mass is 256 g/mol. The van der Waals surface area contributed by atoms with Crippen molar-refractivity contribution in [2.45, 2.75) is 45.1 Å². The van der Waals surface area contributed by atoms with E-state index in [4.69, 9.17) is 4.42 Å². The Labute approximate surface area is 113 Å². The first-order chi connectivity index (χ1) is 9.09. The van der Waals surface area contributed by atoms with Gasteiger partial charge in [0.15, 0.2) is 11.5 Å². The topological polar surface area (TPSA) is 38.1 Å². The van der Waals surface area contributed by atoms with Crippen LogP contribution in [0.15, 0.2) is 16.5 Å². The number of nitrogens with zero attached hydrogens (tertiary/aromatic N) is 1. The van der Waals surface area contributed by atoms with Gasteiger partial charge in [0.1, 0.15) is 5.52 Å². The number of piperidine rings is 1. The maximum absolute atomic E-state index is 5.73. The average Bonchev–Trinajstić information content (AvgIpc) is 2.72. The van der Waals surface area contributed by atoms with Crippen LogP contribution >= 0.6 is 0 Å². The maximum Gasteiger partial charge on any atom is 0.192 e. The number of fused-ring (bicyclic) bond motifs is 6. The number of oxazole rings is 1. The molecule has 2 bridgehead atoms. The molecule has 1 saturated heterocycles. The van der Waals surface area contributed by atoms with Crippen LogP contribution in [0.4, 0.5) is 0 Å². The second-order valence-corrected chi connectivity index (χ2v) is 6.40. The molecule has 2 aliphatic rings. The number of aromatic nitrogens is 1. The average molecular weight is 256 g/mol. The van der Waals surface area contributed by atoms with Gasteiger partial charge in [-0.05, 0) is 42.5 Å². The highest BCUT2D eigenvalue weighted by Gasteiger charge is 2.46. The van der Waals surface area contributed by atoms with Crippen molar-refractivity contribution in [1.82, 2.24) is 10.3 Å². The van der Waals surface area contributed by atoms with Gasteiger partial charge in [0.2, 0.25) is 0 Å². The fourth-order valence-corrected chi connectivity index (χ4v) is 4.16. The van der Waals surface area contributed by atoms with Crippen LogP contribution in [0.3, 0.4) is 0 Å². The molecule has 1 aromatic heterocycles. The predicted octanol–water partition coefficient (Wildman–Crippen LogP) is 2.95. The number of nitrogens with one attached hydrogen (secondary N) is 1. The summed E-state index contributed by atoms with van der Waals surface area (Å²) in [7, 11) is 0. The van der Waals surface area contributed by atoms with E-state index in [2.05, 4.69) is 36.3 Å². The molecule has 3 nitrogen and oxygen atoms in total. The van der Waals surface area contributed by atoms with E-state index in [1.807, 2.05) is 6.92 Å². The van der Waals surface area contributed by atoms with E-state index in [9.17, 15) is 0 Å². The summed E-state index contributed by atoms with van der Waals surface area (Å²) < 4.78 is 5.73. The SMILES string of the molecule is Cc1nc2c3c(ccc2o1)C[C@H]1NCC[C@]3(C)C1C. The van der Waals surface area contributed by atoms with Gasteiger partial charge in [0.25, 0.3) is 0 Å². The Morgan fingerprint density at radius 2 is 2.26 bits per heavy atom. The molecule has 4 rings (SSSR count). The molecule has 100 valence electrons. The fraction of sp³-hybridized carbons (Fsp3) is 0.562. The van der Waals surface area contributed by atoms with E-state index in [1.54, 1.807) is 0 Å². The molecule has 0 radical (unpaired) electrons. The molecule has 1 fully saturated rings. The summed E-state index contributed by atoms with van der Waals surface area (Å²) in [5.41, 5.74) is 5.18. The highest BCUT2D eigenvalue weighted by atomic mass is 16.3. The Kier molecular flexibility index (Phi) is 2.17. The van der Waals surface area contributed by atoms with Crippen molar-refractivity contribution in [3.05, 3.63) is 29.2 Å². The molecule has 0 saturated carbocycles. The van der Waals surface area contributed by atoms with Crippen LogP contribution in [0.2, 0.25) is 0 Å². The molecule has 1 aliphatic heterocycles. The Balaban J connectivity index is 2.06. The number of aryl methyl sites for hydroxylation is 1. The minimum Gasteiger partial charge on any atom is -0.441 e. The Hall–Kier alpha value is -1.35. The minimum atomic E-state index is 0.228. The number of hydrogen-bond acceptors (Lipinski definition) is 3. The third kappa shape index (κ3) is 1.39. The second kappa shape index (κ2) is 3.60. The molecule has 2 aromatic rings. The fourth-order valence-electron chi connectivity index (χ4n) is 4.16. The third-order valence-electron chi connectivity index (χ3n) is 5.42. The number of rotatable bonds is 0. The second-order valence-electron chi connectivity index (χ2n) is 6.40. The number of hydrogen-bond donors (Lipinski definition) is 1. The zero-order valence-electron chi connectivity index (χ0n) is 11.8. The molecule has 1 N–H and O–H groups in total. The van der Waals surface area contributed by atoms with Gasteiger partial charge in [-0.15, -0.1) is 0 Å². The summed E-state index contributed by atoms with van der Waals surface area (Å²) in [6.45, 7) is 7.84. The molecule has 1 unspecified atom stereocenters. The van der Waals surface area contributed by atoms with Crippen molar-refractivity contribution in [3.63, 3.8) is 0 Å². The smallest absolute Gasteiger partial charge is 0.192 e. The van der Waals surface area contributed by atoms with Crippen LogP contribution in [0, 0.1) is 12.8 Å². The van der Waals surface area contributed by atoms with E-state index >= 15 is 0 Å². The highest BCUT2D eigenvalue weighted by Crippen LogP contribution is 2.48. The van der Waals surface area contributed by atoms with Crippen LogP contribution in [0.25, 0.3) is 11.1 Å². The minimum absolute atomic E-state index is 0.228. The lowest BCUT2D eigenvalue weighted by atomic mass is 9.59. The zero-order chi connectivity index (χ0) is 13.2. The van der Waals surface area contributed by atoms with Crippen LogP contribution in [0.1, 0.15) is 37.3 Å². The van der Waals surface area contributed by atoms with Gasteiger partial charge in [-0.1, -0.05) is 19.9 Å². The lowest BCUT2D eigenvalue weighted by molar-refractivity contribution is 0.159. The van der Waals surface area contributed by atoms with Crippen molar-refractivity contribution in [2.75, 3.05) is 6.54 Å². The van der Waals surface area contributed by atoms with Crippen LogP contribution < -0.4 is 5.32 Å². The van der Waals surface area contributed by atoms with E-state index < -0.39 is 0 Å². The summed E-state index contributed by atoms with van der Waals surface area (Å²) in [5, 5.41) is 3.68. The molecule has 1 aromatic carbocycles. The summed E-state index contributed by atoms with van der Waals surface area (Å²) in [6, 6.07) is 4.94. The molecular formula is C16H20N2O. The van der Waals surface area contributed by atoms with Crippen molar-refractivity contribution in [3.8, 4) is 0 Å². The highest BCUT2D eigenvalue weighted by molar-refractivity contribution is 5.80. The summed E-state index contributed by atoms with van der Waals surface area (Å²) in [4.78, 5) is 4.67. The van der Waals surface area contributed by atoms with Gasteiger partial charge in [0.05, 0.1) is 0 Å². The van der Waals surface area contributed by atoms with Gasteiger partial charge < -0.3 is 9.73 Å². The molecule has 3 atom stereocenters. The molecule has 0 spiro atoms. The van der Waals surface area contributed by atoms with Gasteiger partial charge in [-0.3, -0.25) is 0 Å². The molecule has 3 heteroatoms. The molecular weight excluding hydrogens is 236 g/mol. The molecule has 0 amide bonds. The van der Waals surface area contributed by atoms with Crippen LogP contribution in [-0.2, 0) is 11.8 Å². The van der Waals surface area contributed by atoms with Crippen molar-refractivity contribution >= 4 is 11.1 Å². The molecule has 1 aliphatic carbocycles. The maximum atomic E-state index is 5.73. The summed E-state index contributed by atoms with van der Waals surface area (Å²) >= 11 is 0. The largest absolute Gasteiger partial charge is 0.441 e. The molecule has 19 heavy (non-hydrogen) atoms. The van der Waals surface area contributed by atoms with Crippen LogP contribution in [0.5, 0.6) is 0 Å². The quantitative estimate of drug-likeness (QED) is 0.787. The van der Waals surface area contributed by atoms with Crippen molar-refractivity contribution < 1.29 is 4.42 Å². The van der Waals surface area contributed by atoms with Crippen LogP contribution in [-0.4, -0.2) is 17.6 Å². The predicted molar refractivity (Wildman–Crippen MR) is 75.4 cm³/mol. The van der Waals surface area contributed by atoms with E-state index in [1.165, 1.54) is 17.5 Å². The van der Waals surface area contributed by atoms with Gasteiger partial charge >= 0.3 is 0 Å². The van der Waals surface area contributed by atoms with Gasteiger partial charge in [-0.25, -0.2) is 4.98 Å². The first-order valence-electron chi connectivity index (χ1n) is 7.22. The Bertz CT molecular complexity index is 660. The van der Waals surface area contributed by atoms with E-state index in [-0.39, 0.29) is 5.41 Å². The van der Waals surface area contributed by atoms with Crippen molar-refractivity contribution in [2.24, 2.45) is 5.92 Å². The normalized spacial score (nSPS) is 33.4. The van der Waals surface area contributed by atoms with Crippen molar-refractivity contribution in [1.29, 1.82) is 0 Å². The Morgan fingerprint density at radius 3 is 3.11 bits per heavy atom. The first-order valence-corrected chi connectivity index (χ1v) is 7.22. The van der Waals surface area contributed by atoms with E-state index in [0.29, 0.717) is 12.0 Å². The molecule has 2 heterocycles. The van der Waals surface area contributed by atoms with E-state index in [0.717, 1.165) is 30.0 Å². The van der Waals surface area contributed by atoms with Gasteiger partial charge in [-0.2, -0.15) is 0 Å².